The van der Waals surface area contributed by atoms with Gasteiger partial charge in [-0.2, -0.15) is 0 Å². The highest BCUT2D eigenvalue weighted by atomic mass is 16.1. The van der Waals surface area contributed by atoms with E-state index in [0.717, 1.165) is 36.8 Å². The van der Waals surface area contributed by atoms with Crippen LogP contribution >= 0.6 is 0 Å². The molecule has 1 fully saturated rings. The molecule has 1 N–H and O–H groups in total. The minimum atomic E-state index is 0.244. The van der Waals surface area contributed by atoms with Gasteiger partial charge in [-0.05, 0) is 77.2 Å². The molecule has 1 atom stereocenters. The summed E-state index contributed by atoms with van der Waals surface area (Å²) in [6.45, 7) is 16.4. The molecule has 0 aromatic rings. The molecule has 3 nitrogen and oxygen atoms in total. The summed E-state index contributed by atoms with van der Waals surface area (Å²) in [6.07, 6.45) is 19.3. The van der Waals surface area contributed by atoms with Crippen molar-refractivity contribution in [2.24, 2.45) is 5.92 Å². The molecule has 1 unspecified atom stereocenters. The maximum Gasteiger partial charge on any atom is 0.149 e. The third-order valence-electron chi connectivity index (χ3n) is 5.81. The summed E-state index contributed by atoms with van der Waals surface area (Å²) in [6, 6.07) is 0. The lowest BCUT2D eigenvalue weighted by Crippen LogP contribution is -2.34. The van der Waals surface area contributed by atoms with Crippen molar-refractivity contribution in [1.29, 1.82) is 0 Å². The molecule has 0 amide bonds. The number of hydrogen-bond acceptors (Lipinski definition) is 3. The zero-order chi connectivity index (χ0) is 21.7. The van der Waals surface area contributed by atoms with Gasteiger partial charge in [0.25, 0.3) is 0 Å². The third-order valence-corrected chi connectivity index (χ3v) is 5.81. The number of likely N-dealkylation sites (tertiary alicyclic amines) is 1. The highest BCUT2D eigenvalue weighted by Gasteiger charge is 2.15. The van der Waals surface area contributed by atoms with Gasteiger partial charge in [0.15, 0.2) is 0 Å². The fourth-order valence-corrected chi connectivity index (χ4v) is 3.18. The summed E-state index contributed by atoms with van der Waals surface area (Å²) < 4.78 is 0. The van der Waals surface area contributed by atoms with Crippen molar-refractivity contribution in [3.63, 3.8) is 0 Å². The Labute approximate surface area is 179 Å². The molecule has 0 saturated carbocycles. The van der Waals surface area contributed by atoms with E-state index in [1.165, 1.54) is 37.9 Å². The molecule has 0 aromatic heterocycles. The van der Waals surface area contributed by atoms with Gasteiger partial charge in [-0.15, -0.1) is 0 Å². The summed E-state index contributed by atoms with van der Waals surface area (Å²) in [5.41, 5.74) is 3.51. The van der Waals surface area contributed by atoms with E-state index in [9.17, 15) is 4.79 Å². The number of carbonyl (C=O) groups is 1. The predicted molar refractivity (Wildman–Crippen MR) is 127 cm³/mol. The number of nitrogens with zero attached hydrogens (tertiary/aromatic N) is 1. The van der Waals surface area contributed by atoms with Gasteiger partial charge in [0, 0.05) is 23.6 Å². The third kappa shape index (κ3) is 10.0. The summed E-state index contributed by atoms with van der Waals surface area (Å²) in [4.78, 5) is 13.4. The van der Waals surface area contributed by atoms with Gasteiger partial charge in [-0.25, -0.2) is 0 Å². The number of rotatable bonds is 9. The zero-order valence-electron chi connectivity index (χ0n) is 19.3. The Kier molecular flexibility index (Phi) is 11.8. The molecule has 0 aromatic carbocycles. The molecule has 2 aliphatic rings. The second-order valence-electron chi connectivity index (χ2n) is 8.60. The van der Waals surface area contributed by atoms with Gasteiger partial charge in [-0.3, -0.25) is 9.69 Å². The molecular weight excluding hydrogens is 356 g/mol. The molecule has 3 heteroatoms. The van der Waals surface area contributed by atoms with Crippen LogP contribution in [0.3, 0.4) is 0 Å². The van der Waals surface area contributed by atoms with Crippen LogP contribution in [0.25, 0.3) is 0 Å². The van der Waals surface area contributed by atoms with Crippen LogP contribution in [0.15, 0.2) is 59.8 Å². The van der Waals surface area contributed by atoms with Crippen LogP contribution in [-0.4, -0.2) is 43.4 Å². The predicted octanol–water partition coefficient (Wildman–Crippen LogP) is 5.63. The van der Waals surface area contributed by atoms with Crippen LogP contribution in [-0.2, 0) is 4.79 Å². The first-order valence-corrected chi connectivity index (χ1v) is 11.2. The molecule has 1 saturated heterocycles. The van der Waals surface area contributed by atoms with Crippen molar-refractivity contribution in [1.82, 2.24) is 10.2 Å². The molecule has 1 aliphatic heterocycles. The summed E-state index contributed by atoms with van der Waals surface area (Å²) >= 11 is 0. The van der Waals surface area contributed by atoms with Crippen LogP contribution < -0.4 is 5.32 Å². The van der Waals surface area contributed by atoms with Crippen molar-refractivity contribution in [2.45, 2.75) is 65.3 Å². The minimum Gasteiger partial charge on any atom is -0.315 e. The summed E-state index contributed by atoms with van der Waals surface area (Å²) in [7, 11) is 1.99. The molecule has 0 bridgehead atoms. The van der Waals surface area contributed by atoms with Crippen LogP contribution in [0.1, 0.15) is 59.8 Å². The molecule has 2 rings (SSSR count). The van der Waals surface area contributed by atoms with Gasteiger partial charge >= 0.3 is 0 Å². The normalized spacial score (nSPS) is 20.4. The Morgan fingerprint density at radius 2 is 2.00 bits per heavy atom. The van der Waals surface area contributed by atoms with E-state index in [4.69, 9.17) is 0 Å². The van der Waals surface area contributed by atoms with Crippen LogP contribution in [0.4, 0.5) is 0 Å². The molecule has 162 valence electrons. The highest BCUT2D eigenvalue weighted by molar-refractivity contribution is 5.78. The van der Waals surface area contributed by atoms with E-state index in [0.29, 0.717) is 5.54 Å². The maximum absolute atomic E-state index is 10.9. The van der Waals surface area contributed by atoms with Gasteiger partial charge in [-0.1, -0.05) is 56.9 Å². The van der Waals surface area contributed by atoms with E-state index < -0.39 is 0 Å². The standard InChI is InChI=1S/C20H27NO.C6H15N/c1-3-4-8-18(15-21-11-5-6-12-21)13-17(2)20-10-7-9-19(14-20)16-22;1-5-6(2,3)7-4/h4,7-9,13-14,16,20H,2-3,5-6,10-12,15H2,1H3;7H,5H2,1-4H3/b8-4-,18-13+;. The van der Waals surface area contributed by atoms with Gasteiger partial charge in [0.1, 0.15) is 6.29 Å². The van der Waals surface area contributed by atoms with Crippen molar-refractivity contribution in [3.05, 3.63) is 59.8 Å². The number of hydrogen-bond donors (Lipinski definition) is 1. The van der Waals surface area contributed by atoms with E-state index >= 15 is 0 Å². The molecular formula is C26H42N2O. The van der Waals surface area contributed by atoms with E-state index in [-0.39, 0.29) is 5.92 Å². The maximum atomic E-state index is 10.9. The first kappa shape index (κ1) is 25.3. The largest absolute Gasteiger partial charge is 0.315 e. The van der Waals surface area contributed by atoms with E-state index in [1.54, 1.807) is 0 Å². The topological polar surface area (TPSA) is 32.3 Å². The molecule has 0 spiro atoms. The van der Waals surface area contributed by atoms with Crippen LogP contribution in [0.5, 0.6) is 0 Å². The average Bonchev–Trinajstić information content (AvgIpc) is 3.25. The quantitative estimate of drug-likeness (QED) is 0.404. The van der Waals surface area contributed by atoms with E-state index in [2.05, 4.69) is 68.8 Å². The van der Waals surface area contributed by atoms with Crippen molar-refractivity contribution in [2.75, 3.05) is 26.7 Å². The minimum absolute atomic E-state index is 0.244. The molecule has 1 aliphatic carbocycles. The Morgan fingerprint density at radius 1 is 1.31 bits per heavy atom. The zero-order valence-corrected chi connectivity index (χ0v) is 19.3. The molecule has 1 heterocycles. The molecule has 29 heavy (non-hydrogen) atoms. The van der Waals surface area contributed by atoms with Gasteiger partial charge in [0.05, 0.1) is 0 Å². The van der Waals surface area contributed by atoms with Gasteiger partial charge in [0.2, 0.25) is 0 Å². The number of allylic oxidation sites excluding steroid dienone is 7. The molecule has 0 radical (unpaired) electrons. The first-order chi connectivity index (χ1) is 13.8. The highest BCUT2D eigenvalue weighted by Crippen LogP contribution is 2.24. The first-order valence-electron chi connectivity index (χ1n) is 11.2. The summed E-state index contributed by atoms with van der Waals surface area (Å²) in [5, 5.41) is 3.19. The number of carbonyl (C=O) groups excluding carboxylic acids is 1. The van der Waals surface area contributed by atoms with Crippen molar-refractivity contribution < 1.29 is 4.79 Å². The van der Waals surface area contributed by atoms with E-state index in [1.807, 2.05) is 19.2 Å². The second-order valence-corrected chi connectivity index (χ2v) is 8.60. The van der Waals surface area contributed by atoms with Gasteiger partial charge < -0.3 is 5.32 Å². The smallest absolute Gasteiger partial charge is 0.149 e. The average molecular weight is 399 g/mol. The monoisotopic (exact) mass is 398 g/mol. The summed E-state index contributed by atoms with van der Waals surface area (Å²) in [5.74, 6) is 0.244. The second kappa shape index (κ2) is 13.5. The van der Waals surface area contributed by atoms with Crippen LogP contribution in [0, 0.1) is 5.92 Å². The van der Waals surface area contributed by atoms with Crippen LogP contribution in [0.2, 0.25) is 0 Å². The van der Waals surface area contributed by atoms with Crippen molar-refractivity contribution in [3.8, 4) is 0 Å². The Hall–Kier alpha value is -1.71. The number of aldehydes is 1. The fourth-order valence-electron chi connectivity index (χ4n) is 3.18. The van der Waals surface area contributed by atoms with Crippen molar-refractivity contribution >= 4 is 6.29 Å². The fraction of sp³-hybridized carbons (Fsp3) is 0.577. The Bertz CT molecular complexity index is 625. The Balaban J connectivity index is 0.000000516. The lowest BCUT2D eigenvalue weighted by atomic mass is 9.89. The SMILES string of the molecule is C=C(/C=C(\C=C/CC)CN1CCCC1)C1C=C(C=O)C=CC1.CCC(C)(C)NC. The number of nitrogens with one attached hydrogen (secondary N) is 1. The Morgan fingerprint density at radius 3 is 2.52 bits per heavy atom. The lowest BCUT2D eigenvalue weighted by Gasteiger charge is -2.20. The lowest BCUT2D eigenvalue weighted by molar-refractivity contribution is -0.104.